The third kappa shape index (κ3) is 4.46. The maximum Gasteiger partial charge on any atom is 0.202 e. The molecular weight excluding hydrogens is 356 g/mol. The number of sulfone groups is 2. The normalized spacial score (nSPS) is 11.8. The number of hydrogen-bond donors (Lipinski definition) is 0. The smallest absolute Gasteiger partial charge is 0.202 e. The average Bonchev–Trinajstić information content (AvgIpc) is 2.62. The Balaban J connectivity index is 1.99. The second-order valence-corrected chi connectivity index (χ2v) is 9.68. The van der Waals surface area contributed by atoms with Crippen molar-refractivity contribution in [2.75, 3.05) is 0 Å². The summed E-state index contributed by atoms with van der Waals surface area (Å²) in [5.74, 6) is 0. The Labute approximate surface area is 149 Å². The van der Waals surface area contributed by atoms with Gasteiger partial charge in [-0.25, -0.2) is 16.8 Å². The highest BCUT2D eigenvalue weighted by molar-refractivity contribution is 7.95. The lowest BCUT2D eigenvalue weighted by Crippen LogP contribution is -2.06. The third-order valence-corrected chi connectivity index (χ3v) is 7.49. The van der Waals surface area contributed by atoms with Crippen LogP contribution in [0.15, 0.2) is 93.4 Å². The highest BCUT2D eigenvalue weighted by atomic mass is 32.2. The van der Waals surface area contributed by atoms with E-state index in [1.165, 1.54) is 24.3 Å². The Kier molecular flexibility index (Phi) is 5.98. The van der Waals surface area contributed by atoms with Crippen LogP contribution in [0.4, 0.5) is 0 Å². The molecule has 2 aromatic rings. The lowest BCUT2D eigenvalue weighted by molar-refractivity contribution is 0.598. The van der Waals surface area contributed by atoms with Crippen LogP contribution in [-0.4, -0.2) is 16.8 Å². The predicted octanol–water partition coefficient (Wildman–Crippen LogP) is 4.13. The molecule has 0 aromatic heterocycles. The lowest BCUT2D eigenvalue weighted by Gasteiger charge is -2.10. The van der Waals surface area contributed by atoms with Crippen LogP contribution in [0.2, 0.25) is 0 Å². The second kappa shape index (κ2) is 7.80. The summed E-state index contributed by atoms with van der Waals surface area (Å²) in [7, 11) is -7.20. The van der Waals surface area contributed by atoms with Gasteiger partial charge in [-0.2, -0.15) is 0 Å². The maximum atomic E-state index is 12.4. The SMILES string of the molecule is C=C(CCCC(=C)S(=O)(=O)c1ccccc1)S(=O)(=O)c1ccccc1. The Morgan fingerprint density at radius 2 is 0.960 bits per heavy atom. The van der Waals surface area contributed by atoms with Gasteiger partial charge >= 0.3 is 0 Å². The fraction of sp³-hybridized carbons (Fsp3) is 0.158. The topological polar surface area (TPSA) is 68.3 Å². The quantitative estimate of drug-likeness (QED) is 0.695. The van der Waals surface area contributed by atoms with Gasteiger partial charge < -0.3 is 0 Å². The molecule has 25 heavy (non-hydrogen) atoms. The van der Waals surface area contributed by atoms with Gasteiger partial charge in [0.15, 0.2) is 0 Å². The van der Waals surface area contributed by atoms with Gasteiger partial charge in [0.2, 0.25) is 19.7 Å². The molecule has 0 atom stereocenters. The Bertz CT molecular complexity index is 877. The molecule has 0 unspecified atom stereocenters. The molecule has 0 saturated heterocycles. The lowest BCUT2D eigenvalue weighted by atomic mass is 10.2. The number of hydrogen-bond acceptors (Lipinski definition) is 4. The van der Waals surface area contributed by atoms with Gasteiger partial charge in [-0.05, 0) is 43.5 Å². The first-order valence-electron chi connectivity index (χ1n) is 7.72. The molecule has 0 radical (unpaired) electrons. The molecule has 0 N–H and O–H groups in total. The molecule has 0 amide bonds. The largest absolute Gasteiger partial charge is 0.219 e. The molecule has 0 aliphatic carbocycles. The van der Waals surface area contributed by atoms with E-state index in [0.717, 1.165) is 0 Å². The van der Waals surface area contributed by atoms with Crippen molar-refractivity contribution in [1.29, 1.82) is 0 Å². The van der Waals surface area contributed by atoms with E-state index in [2.05, 4.69) is 13.2 Å². The number of allylic oxidation sites excluding steroid dienone is 2. The Morgan fingerprint density at radius 3 is 1.28 bits per heavy atom. The average molecular weight is 376 g/mol. The summed E-state index contributed by atoms with van der Waals surface area (Å²) in [5, 5.41) is 0. The van der Waals surface area contributed by atoms with E-state index in [1.807, 2.05) is 0 Å². The van der Waals surface area contributed by atoms with E-state index in [-0.39, 0.29) is 32.4 Å². The first-order chi connectivity index (χ1) is 11.8. The number of rotatable bonds is 8. The molecule has 132 valence electrons. The van der Waals surface area contributed by atoms with Crippen molar-refractivity contribution in [1.82, 2.24) is 0 Å². The zero-order chi connectivity index (χ0) is 18.5. The van der Waals surface area contributed by atoms with Crippen LogP contribution in [0.5, 0.6) is 0 Å². The van der Waals surface area contributed by atoms with E-state index < -0.39 is 19.7 Å². The van der Waals surface area contributed by atoms with Crippen molar-refractivity contribution in [2.45, 2.75) is 29.1 Å². The van der Waals surface area contributed by atoms with Crippen LogP contribution in [0.25, 0.3) is 0 Å². The number of benzene rings is 2. The Morgan fingerprint density at radius 1 is 0.640 bits per heavy atom. The summed E-state index contributed by atoms with van der Waals surface area (Å²) in [4.78, 5) is 0.527. The fourth-order valence-corrected chi connectivity index (χ4v) is 4.81. The first kappa shape index (κ1) is 19.1. The van der Waals surface area contributed by atoms with Gasteiger partial charge in [-0.3, -0.25) is 0 Å². The van der Waals surface area contributed by atoms with Gasteiger partial charge in [0.1, 0.15) is 0 Å². The van der Waals surface area contributed by atoms with E-state index in [1.54, 1.807) is 36.4 Å². The molecule has 2 rings (SSSR count). The van der Waals surface area contributed by atoms with Gasteiger partial charge in [-0.1, -0.05) is 49.6 Å². The standard InChI is InChI=1S/C19H20O4S2/c1-16(24(20,21)18-12-5-3-6-13-18)10-9-11-17(2)25(22,23)19-14-7-4-8-15-19/h3-8,12-15H,1-2,9-11H2. The molecule has 0 fully saturated rings. The minimum Gasteiger partial charge on any atom is -0.219 e. The summed E-state index contributed by atoms with van der Waals surface area (Å²) in [6.45, 7) is 7.31. The summed E-state index contributed by atoms with van der Waals surface area (Å²) in [6, 6.07) is 16.1. The molecule has 0 saturated carbocycles. The molecule has 6 heteroatoms. The molecule has 2 aromatic carbocycles. The van der Waals surface area contributed by atoms with Gasteiger partial charge in [0.25, 0.3) is 0 Å². The van der Waals surface area contributed by atoms with E-state index in [9.17, 15) is 16.8 Å². The second-order valence-electron chi connectivity index (χ2n) is 5.56. The molecule has 4 nitrogen and oxygen atoms in total. The van der Waals surface area contributed by atoms with Crippen LogP contribution in [0.1, 0.15) is 19.3 Å². The molecule has 0 spiro atoms. The monoisotopic (exact) mass is 376 g/mol. The van der Waals surface area contributed by atoms with Crippen LogP contribution in [0, 0.1) is 0 Å². The van der Waals surface area contributed by atoms with Crippen LogP contribution >= 0.6 is 0 Å². The van der Waals surface area contributed by atoms with Crippen molar-refractivity contribution in [3.8, 4) is 0 Å². The fourth-order valence-electron chi connectivity index (χ4n) is 2.28. The molecule has 0 heterocycles. The van der Waals surface area contributed by atoms with E-state index >= 15 is 0 Å². The predicted molar refractivity (Wildman–Crippen MR) is 99.4 cm³/mol. The van der Waals surface area contributed by atoms with Crippen molar-refractivity contribution >= 4 is 19.7 Å². The molecular formula is C19H20O4S2. The highest BCUT2D eigenvalue weighted by Gasteiger charge is 2.21. The third-order valence-electron chi connectivity index (χ3n) is 3.78. The molecule has 0 aliphatic heterocycles. The van der Waals surface area contributed by atoms with Crippen molar-refractivity contribution in [2.24, 2.45) is 0 Å². The maximum absolute atomic E-state index is 12.4. The van der Waals surface area contributed by atoms with E-state index in [4.69, 9.17) is 0 Å². The zero-order valence-electron chi connectivity index (χ0n) is 13.8. The minimum absolute atomic E-state index is 0.0728. The minimum atomic E-state index is -3.60. The van der Waals surface area contributed by atoms with Gasteiger partial charge in [0, 0.05) is 9.81 Å². The highest BCUT2D eigenvalue weighted by Crippen LogP contribution is 2.25. The Hall–Kier alpha value is -2.18. The van der Waals surface area contributed by atoms with E-state index in [0.29, 0.717) is 6.42 Å². The summed E-state index contributed by atoms with van der Waals surface area (Å²) >= 11 is 0. The van der Waals surface area contributed by atoms with Crippen molar-refractivity contribution in [3.63, 3.8) is 0 Å². The van der Waals surface area contributed by atoms with Gasteiger partial charge in [-0.15, -0.1) is 0 Å². The summed E-state index contributed by atoms with van der Waals surface area (Å²) in [5.41, 5.74) is 0. The summed E-state index contributed by atoms with van der Waals surface area (Å²) < 4.78 is 49.5. The molecule has 0 aliphatic rings. The van der Waals surface area contributed by atoms with Crippen molar-refractivity contribution < 1.29 is 16.8 Å². The van der Waals surface area contributed by atoms with Crippen LogP contribution in [0.3, 0.4) is 0 Å². The van der Waals surface area contributed by atoms with Gasteiger partial charge in [0.05, 0.1) is 9.79 Å². The first-order valence-corrected chi connectivity index (χ1v) is 10.7. The zero-order valence-corrected chi connectivity index (χ0v) is 15.4. The molecule has 0 bridgehead atoms. The van der Waals surface area contributed by atoms with Crippen LogP contribution < -0.4 is 0 Å². The van der Waals surface area contributed by atoms with Crippen LogP contribution in [-0.2, 0) is 19.7 Å². The summed E-state index contributed by atoms with van der Waals surface area (Å²) in [6.07, 6.45) is 0.705. The van der Waals surface area contributed by atoms with Crippen molar-refractivity contribution in [3.05, 3.63) is 83.6 Å².